The van der Waals surface area contributed by atoms with Gasteiger partial charge in [0.15, 0.2) is 0 Å². The standard InChI is InChI=1S/C18H21NO5S2/c1-14-4-8-16(9-5-14)25(20,21)19-12-18(19,3)13-24-26(22,23)17-10-6-15(2)7-11-17/h4-11H,12-13H2,1-3H3. The fraction of sp³-hybridized carbons (Fsp3) is 0.333. The maximum absolute atomic E-state index is 12.7. The van der Waals surface area contributed by atoms with E-state index in [2.05, 4.69) is 0 Å². The van der Waals surface area contributed by atoms with Gasteiger partial charge in [-0.25, -0.2) is 8.42 Å². The van der Waals surface area contributed by atoms with Gasteiger partial charge in [0.25, 0.3) is 10.1 Å². The van der Waals surface area contributed by atoms with Crippen molar-refractivity contribution in [2.24, 2.45) is 0 Å². The molecule has 0 aliphatic carbocycles. The molecule has 2 aromatic rings. The molecule has 0 saturated carbocycles. The van der Waals surface area contributed by atoms with E-state index in [-0.39, 0.29) is 22.9 Å². The number of hydrogen-bond donors (Lipinski definition) is 0. The molecular formula is C18H21NO5S2. The lowest BCUT2D eigenvalue weighted by atomic mass is 10.2. The molecule has 0 aromatic heterocycles. The third kappa shape index (κ3) is 3.68. The van der Waals surface area contributed by atoms with E-state index < -0.39 is 25.7 Å². The molecule has 3 rings (SSSR count). The molecule has 26 heavy (non-hydrogen) atoms. The minimum Gasteiger partial charge on any atom is -0.264 e. The predicted octanol–water partition coefficient (Wildman–Crippen LogP) is 2.47. The number of nitrogens with zero attached hydrogens (tertiary/aromatic N) is 1. The van der Waals surface area contributed by atoms with E-state index >= 15 is 0 Å². The smallest absolute Gasteiger partial charge is 0.264 e. The summed E-state index contributed by atoms with van der Waals surface area (Å²) in [6.45, 7) is 5.39. The van der Waals surface area contributed by atoms with Crippen molar-refractivity contribution >= 4 is 20.1 Å². The lowest BCUT2D eigenvalue weighted by molar-refractivity contribution is 0.271. The van der Waals surface area contributed by atoms with Crippen molar-refractivity contribution < 1.29 is 21.0 Å². The topological polar surface area (TPSA) is 80.5 Å². The van der Waals surface area contributed by atoms with Crippen LogP contribution in [-0.4, -0.2) is 39.8 Å². The van der Waals surface area contributed by atoms with Crippen LogP contribution in [0, 0.1) is 13.8 Å². The van der Waals surface area contributed by atoms with Crippen molar-refractivity contribution in [1.82, 2.24) is 4.31 Å². The first-order chi connectivity index (χ1) is 12.0. The minimum absolute atomic E-state index is 0.0558. The van der Waals surface area contributed by atoms with E-state index in [4.69, 9.17) is 4.18 Å². The van der Waals surface area contributed by atoms with Crippen molar-refractivity contribution in [3.05, 3.63) is 59.7 Å². The highest BCUT2D eigenvalue weighted by Crippen LogP contribution is 2.39. The van der Waals surface area contributed by atoms with Crippen LogP contribution in [0.1, 0.15) is 18.1 Å². The Balaban J connectivity index is 1.72. The molecule has 0 amide bonds. The van der Waals surface area contributed by atoms with Crippen LogP contribution in [0.25, 0.3) is 0 Å². The van der Waals surface area contributed by atoms with Crippen LogP contribution in [0.2, 0.25) is 0 Å². The van der Waals surface area contributed by atoms with E-state index in [1.54, 1.807) is 43.3 Å². The summed E-state index contributed by atoms with van der Waals surface area (Å²) >= 11 is 0. The molecule has 0 radical (unpaired) electrons. The van der Waals surface area contributed by atoms with E-state index in [0.717, 1.165) is 11.1 Å². The van der Waals surface area contributed by atoms with Crippen LogP contribution < -0.4 is 0 Å². The Morgan fingerprint density at radius 1 is 0.885 bits per heavy atom. The Morgan fingerprint density at radius 3 is 1.85 bits per heavy atom. The minimum atomic E-state index is -3.93. The van der Waals surface area contributed by atoms with Gasteiger partial charge >= 0.3 is 0 Å². The Hall–Kier alpha value is -1.74. The summed E-state index contributed by atoms with van der Waals surface area (Å²) in [6.07, 6.45) is 0. The summed E-state index contributed by atoms with van der Waals surface area (Å²) in [6, 6.07) is 12.9. The van der Waals surface area contributed by atoms with Gasteiger partial charge in [0.1, 0.15) is 0 Å². The Labute approximate surface area is 154 Å². The molecule has 1 saturated heterocycles. The maximum atomic E-state index is 12.7. The average molecular weight is 396 g/mol. The van der Waals surface area contributed by atoms with Gasteiger partial charge in [0.05, 0.1) is 21.9 Å². The largest absolute Gasteiger partial charge is 0.297 e. The second-order valence-electron chi connectivity index (χ2n) is 6.85. The molecule has 2 aromatic carbocycles. The molecular weight excluding hydrogens is 374 g/mol. The third-order valence-corrected chi connectivity index (χ3v) is 7.72. The second-order valence-corrected chi connectivity index (χ2v) is 10.3. The number of aryl methyl sites for hydroxylation is 2. The molecule has 1 heterocycles. The van der Waals surface area contributed by atoms with Crippen LogP contribution >= 0.6 is 0 Å². The van der Waals surface area contributed by atoms with E-state index in [0.29, 0.717) is 0 Å². The van der Waals surface area contributed by atoms with Crippen molar-refractivity contribution in [3.63, 3.8) is 0 Å². The molecule has 6 nitrogen and oxygen atoms in total. The van der Waals surface area contributed by atoms with Gasteiger partial charge < -0.3 is 0 Å². The van der Waals surface area contributed by atoms with Crippen molar-refractivity contribution in [2.75, 3.05) is 13.2 Å². The molecule has 8 heteroatoms. The number of rotatable bonds is 6. The Morgan fingerprint density at radius 2 is 1.35 bits per heavy atom. The maximum Gasteiger partial charge on any atom is 0.297 e. The summed E-state index contributed by atoms with van der Waals surface area (Å²) in [7, 11) is -7.60. The Bertz CT molecular complexity index is 1010. The van der Waals surface area contributed by atoms with Gasteiger partial charge in [0, 0.05) is 6.54 Å². The fourth-order valence-electron chi connectivity index (χ4n) is 2.58. The zero-order valence-corrected chi connectivity index (χ0v) is 16.5. The molecule has 1 aliphatic heterocycles. The summed E-state index contributed by atoms with van der Waals surface area (Å²) in [4.78, 5) is 0.244. The van der Waals surface area contributed by atoms with Gasteiger partial charge in [-0.2, -0.15) is 12.7 Å². The zero-order valence-electron chi connectivity index (χ0n) is 14.8. The molecule has 2 atom stereocenters. The highest BCUT2D eigenvalue weighted by Gasteiger charge is 2.56. The average Bonchev–Trinajstić information content (AvgIpc) is 3.28. The summed E-state index contributed by atoms with van der Waals surface area (Å²) in [5.41, 5.74) is 1.03. The highest BCUT2D eigenvalue weighted by atomic mass is 32.2. The monoisotopic (exact) mass is 395 g/mol. The molecule has 2 unspecified atom stereocenters. The zero-order chi connectivity index (χ0) is 19.2. The number of sulfonamides is 1. The van der Waals surface area contributed by atoms with Crippen molar-refractivity contribution in [2.45, 2.75) is 36.1 Å². The molecule has 0 spiro atoms. The SMILES string of the molecule is Cc1ccc(S(=O)(=O)OCC2(C)CN2S(=O)(=O)c2ccc(C)cc2)cc1. The molecule has 1 fully saturated rings. The summed E-state index contributed by atoms with van der Waals surface area (Å²) < 4.78 is 56.3. The van der Waals surface area contributed by atoms with Crippen LogP contribution in [0.4, 0.5) is 0 Å². The lowest BCUT2D eigenvalue weighted by Crippen LogP contribution is -2.27. The van der Waals surface area contributed by atoms with Gasteiger partial charge in [0.2, 0.25) is 10.0 Å². The first kappa shape index (κ1) is 19.0. The number of benzene rings is 2. The molecule has 0 bridgehead atoms. The highest BCUT2D eigenvalue weighted by molar-refractivity contribution is 7.89. The van der Waals surface area contributed by atoms with E-state index in [9.17, 15) is 16.8 Å². The summed E-state index contributed by atoms with van der Waals surface area (Å²) in [5.74, 6) is 0. The van der Waals surface area contributed by atoms with Gasteiger partial charge in [-0.05, 0) is 45.0 Å². The van der Waals surface area contributed by atoms with Crippen LogP contribution in [0.3, 0.4) is 0 Å². The first-order valence-electron chi connectivity index (χ1n) is 8.10. The van der Waals surface area contributed by atoms with Crippen molar-refractivity contribution in [1.29, 1.82) is 0 Å². The van der Waals surface area contributed by atoms with E-state index in [1.165, 1.54) is 16.4 Å². The van der Waals surface area contributed by atoms with E-state index in [1.807, 2.05) is 13.8 Å². The molecule has 140 valence electrons. The Kier molecular flexibility index (Phi) is 4.72. The van der Waals surface area contributed by atoms with Crippen molar-refractivity contribution in [3.8, 4) is 0 Å². The summed E-state index contributed by atoms with van der Waals surface area (Å²) in [5, 5.41) is 0. The fourth-order valence-corrected chi connectivity index (χ4v) is 5.41. The van der Waals surface area contributed by atoms with Crippen LogP contribution in [-0.2, 0) is 24.3 Å². The molecule has 1 aliphatic rings. The lowest BCUT2D eigenvalue weighted by Gasteiger charge is -2.14. The normalized spacial score (nSPS) is 23.0. The predicted molar refractivity (Wildman–Crippen MR) is 97.8 cm³/mol. The second kappa shape index (κ2) is 6.45. The van der Waals surface area contributed by atoms with Gasteiger partial charge in [-0.1, -0.05) is 35.4 Å². The third-order valence-electron chi connectivity index (χ3n) is 4.43. The van der Waals surface area contributed by atoms with Gasteiger partial charge in [-0.15, -0.1) is 0 Å². The quantitative estimate of drug-likeness (QED) is 0.554. The molecule has 0 N–H and O–H groups in total. The number of hydrogen-bond acceptors (Lipinski definition) is 5. The van der Waals surface area contributed by atoms with Gasteiger partial charge in [-0.3, -0.25) is 4.18 Å². The van der Waals surface area contributed by atoms with Crippen LogP contribution in [0.5, 0.6) is 0 Å². The first-order valence-corrected chi connectivity index (χ1v) is 11.0. The van der Waals surface area contributed by atoms with Crippen LogP contribution in [0.15, 0.2) is 58.3 Å².